The van der Waals surface area contributed by atoms with Gasteiger partial charge in [-0.05, 0) is 31.0 Å². The number of hydrogen-bond acceptors (Lipinski definition) is 3. The van der Waals surface area contributed by atoms with Crippen LogP contribution in [0, 0.1) is 0 Å². The highest BCUT2D eigenvalue weighted by Gasteiger charge is 2.05. The second-order valence-electron chi connectivity index (χ2n) is 4.04. The van der Waals surface area contributed by atoms with E-state index in [2.05, 4.69) is 4.90 Å². The molecule has 0 saturated heterocycles. The van der Waals surface area contributed by atoms with E-state index in [4.69, 9.17) is 17.3 Å². The Kier molecular flexibility index (Phi) is 5.06. The summed E-state index contributed by atoms with van der Waals surface area (Å²) in [5, 5.41) is 9.91. The van der Waals surface area contributed by atoms with Gasteiger partial charge in [-0.1, -0.05) is 17.7 Å². The van der Waals surface area contributed by atoms with Crippen molar-refractivity contribution >= 4 is 17.3 Å². The number of nitrogens with zero attached hydrogens (tertiary/aromatic N) is 1. The van der Waals surface area contributed by atoms with Gasteiger partial charge in [-0.25, -0.2) is 0 Å². The molecule has 1 atom stereocenters. The maximum atomic E-state index is 9.22. The zero-order valence-corrected chi connectivity index (χ0v) is 10.5. The fourth-order valence-electron chi connectivity index (χ4n) is 1.45. The summed E-state index contributed by atoms with van der Waals surface area (Å²) in [5.74, 6) is 0. The molecule has 4 heteroatoms. The van der Waals surface area contributed by atoms with Crippen molar-refractivity contribution in [2.24, 2.45) is 5.73 Å². The van der Waals surface area contributed by atoms with Crippen molar-refractivity contribution < 1.29 is 5.11 Å². The second kappa shape index (κ2) is 6.09. The molecule has 0 saturated carbocycles. The van der Waals surface area contributed by atoms with E-state index in [1.807, 2.05) is 25.2 Å². The van der Waals surface area contributed by atoms with Gasteiger partial charge in [-0.2, -0.15) is 0 Å². The average molecular weight is 243 g/mol. The Morgan fingerprint density at radius 3 is 2.69 bits per heavy atom. The summed E-state index contributed by atoms with van der Waals surface area (Å²) in [6, 6.07) is 5.85. The summed E-state index contributed by atoms with van der Waals surface area (Å²) in [6.45, 7) is 3.05. The Balaban J connectivity index is 2.69. The molecule has 0 aromatic heterocycles. The third-order valence-corrected chi connectivity index (χ3v) is 2.93. The molecule has 0 fully saturated rings. The summed E-state index contributed by atoms with van der Waals surface area (Å²) < 4.78 is 0. The predicted molar refractivity (Wildman–Crippen MR) is 68.9 cm³/mol. The van der Waals surface area contributed by atoms with Crippen LogP contribution in [0.5, 0.6) is 0 Å². The first-order valence-electron chi connectivity index (χ1n) is 5.42. The van der Waals surface area contributed by atoms with E-state index >= 15 is 0 Å². The molecule has 0 heterocycles. The van der Waals surface area contributed by atoms with E-state index in [-0.39, 0.29) is 6.10 Å². The van der Waals surface area contributed by atoms with E-state index < -0.39 is 0 Å². The number of anilines is 1. The molecule has 1 aromatic carbocycles. The Hall–Kier alpha value is -0.770. The van der Waals surface area contributed by atoms with Crippen molar-refractivity contribution in [3.63, 3.8) is 0 Å². The maximum absolute atomic E-state index is 9.22. The maximum Gasteiger partial charge on any atom is 0.0528 e. The highest BCUT2D eigenvalue weighted by Crippen LogP contribution is 2.22. The van der Waals surface area contributed by atoms with E-state index in [0.717, 1.165) is 24.2 Å². The molecule has 16 heavy (non-hydrogen) atoms. The number of halogens is 1. The van der Waals surface area contributed by atoms with Gasteiger partial charge in [0.15, 0.2) is 0 Å². The largest absolute Gasteiger partial charge is 0.393 e. The predicted octanol–water partition coefficient (Wildman–Crippen LogP) is 2.01. The molecule has 90 valence electrons. The molecular formula is C12H19ClN2O. The lowest BCUT2D eigenvalue weighted by molar-refractivity contribution is 0.187. The molecule has 0 spiro atoms. The first-order valence-corrected chi connectivity index (χ1v) is 5.80. The molecule has 0 aliphatic carbocycles. The molecule has 1 rings (SSSR count). The van der Waals surface area contributed by atoms with Crippen LogP contribution >= 0.6 is 11.6 Å². The Bertz CT molecular complexity index is 342. The summed E-state index contributed by atoms with van der Waals surface area (Å²) in [7, 11) is 1.98. The fourth-order valence-corrected chi connectivity index (χ4v) is 1.70. The van der Waals surface area contributed by atoms with Crippen LogP contribution < -0.4 is 10.6 Å². The van der Waals surface area contributed by atoms with Crippen molar-refractivity contribution in [3.05, 3.63) is 28.8 Å². The van der Waals surface area contributed by atoms with Crippen molar-refractivity contribution in [3.8, 4) is 0 Å². The van der Waals surface area contributed by atoms with Crippen LogP contribution in [0.1, 0.15) is 18.9 Å². The first kappa shape index (κ1) is 13.3. The number of aliphatic hydroxyl groups excluding tert-OH is 1. The molecule has 3 nitrogen and oxygen atoms in total. The highest BCUT2D eigenvalue weighted by atomic mass is 35.5. The molecule has 3 N–H and O–H groups in total. The third kappa shape index (κ3) is 3.67. The van der Waals surface area contributed by atoms with E-state index in [0.29, 0.717) is 11.6 Å². The fraction of sp³-hybridized carbons (Fsp3) is 0.500. The standard InChI is InChI=1S/C12H19ClN2O/c1-9(16)5-6-15(2)11-4-3-10(8-14)12(13)7-11/h3-4,7,9,16H,5-6,8,14H2,1-2H3. The lowest BCUT2D eigenvalue weighted by Gasteiger charge is -2.20. The van der Waals surface area contributed by atoms with E-state index in [1.165, 1.54) is 0 Å². The monoisotopic (exact) mass is 242 g/mol. The number of nitrogens with two attached hydrogens (primary N) is 1. The number of benzene rings is 1. The first-order chi connectivity index (χ1) is 7.54. The number of aliphatic hydroxyl groups is 1. The minimum absolute atomic E-state index is 0.277. The molecule has 0 aliphatic rings. The van der Waals surface area contributed by atoms with Gasteiger partial charge in [0.2, 0.25) is 0 Å². The molecule has 1 aromatic rings. The highest BCUT2D eigenvalue weighted by molar-refractivity contribution is 6.31. The minimum atomic E-state index is -0.277. The Labute approximate surface area is 102 Å². The van der Waals surface area contributed by atoms with Crippen LogP contribution in [0.4, 0.5) is 5.69 Å². The molecule has 0 bridgehead atoms. The Morgan fingerprint density at radius 2 is 2.19 bits per heavy atom. The summed E-state index contributed by atoms with van der Waals surface area (Å²) >= 11 is 6.08. The minimum Gasteiger partial charge on any atom is -0.393 e. The lowest BCUT2D eigenvalue weighted by atomic mass is 10.2. The summed E-state index contributed by atoms with van der Waals surface area (Å²) in [5.41, 5.74) is 7.54. The van der Waals surface area contributed by atoms with Crippen LogP contribution in [0.2, 0.25) is 5.02 Å². The van der Waals surface area contributed by atoms with Crippen LogP contribution in [0.3, 0.4) is 0 Å². The van der Waals surface area contributed by atoms with Gasteiger partial charge < -0.3 is 15.7 Å². The van der Waals surface area contributed by atoms with E-state index in [9.17, 15) is 5.11 Å². The third-order valence-electron chi connectivity index (χ3n) is 2.58. The van der Waals surface area contributed by atoms with Gasteiger partial charge in [0.1, 0.15) is 0 Å². The molecule has 0 radical (unpaired) electrons. The Morgan fingerprint density at radius 1 is 1.50 bits per heavy atom. The number of rotatable bonds is 5. The topological polar surface area (TPSA) is 49.5 Å². The van der Waals surface area contributed by atoms with Crippen molar-refractivity contribution in [2.45, 2.75) is 26.0 Å². The van der Waals surface area contributed by atoms with Gasteiger partial charge >= 0.3 is 0 Å². The smallest absolute Gasteiger partial charge is 0.0528 e. The molecular weight excluding hydrogens is 224 g/mol. The van der Waals surface area contributed by atoms with Crippen molar-refractivity contribution in [1.82, 2.24) is 0 Å². The second-order valence-corrected chi connectivity index (χ2v) is 4.45. The average Bonchev–Trinajstić information content (AvgIpc) is 2.25. The quantitative estimate of drug-likeness (QED) is 0.831. The molecule has 0 aliphatic heterocycles. The van der Waals surface area contributed by atoms with Gasteiger partial charge in [0.25, 0.3) is 0 Å². The zero-order chi connectivity index (χ0) is 12.1. The summed E-state index contributed by atoms with van der Waals surface area (Å²) in [4.78, 5) is 2.07. The van der Waals surface area contributed by atoms with Crippen LogP contribution in [-0.2, 0) is 6.54 Å². The lowest BCUT2D eigenvalue weighted by Crippen LogP contribution is -2.21. The summed E-state index contributed by atoms with van der Waals surface area (Å²) in [6.07, 6.45) is 0.466. The molecule has 0 amide bonds. The van der Waals surface area contributed by atoms with Crippen LogP contribution in [-0.4, -0.2) is 24.8 Å². The van der Waals surface area contributed by atoms with Gasteiger partial charge in [0, 0.05) is 30.8 Å². The molecule has 1 unspecified atom stereocenters. The van der Waals surface area contributed by atoms with Gasteiger partial charge in [0.05, 0.1) is 6.10 Å². The zero-order valence-electron chi connectivity index (χ0n) is 9.78. The van der Waals surface area contributed by atoms with Gasteiger partial charge in [-0.15, -0.1) is 0 Å². The van der Waals surface area contributed by atoms with E-state index in [1.54, 1.807) is 6.92 Å². The van der Waals surface area contributed by atoms with Crippen LogP contribution in [0.25, 0.3) is 0 Å². The van der Waals surface area contributed by atoms with Crippen molar-refractivity contribution in [2.75, 3.05) is 18.5 Å². The van der Waals surface area contributed by atoms with Crippen LogP contribution in [0.15, 0.2) is 18.2 Å². The normalized spacial score (nSPS) is 12.6. The van der Waals surface area contributed by atoms with Gasteiger partial charge in [-0.3, -0.25) is 0 Å². The SMILES string of the molecule is CC(O)CCN(C)c1ccc(CN)c(Cl)c1. The van der Waals surface area contributed by atoms with Crippen molar-refractivity contribution in [1.29, 1.82) is 0 Å². The number of hydrogen-bond donors (Lipinski definition) is 2.